The SMILES string of the molecule is CCc1cc2ccc(OC)c(F)c2c(=O)o1. The molecule has 2 rings (SSSR count). The molecule has 0 N–H and O–H groups in total. The van der Waals surface area contributed by atoms with Crippen molar-refractivity contribution in [1.29, 1.82) is 0 Å². The first-order valence-corrected chi connectivity index (χ1v) is 4.96. The van der Waals surface area contributed by atoms with Gasteiger partial charge in [-0.15, -0.1) is 0 Å². The summed E-state index contributed by atoms with van der Waals surface area (Å²) < 4.78 is 23.6. The molecule has 84 valence electrons. The molecule has 0 saturated heterocycles. The maximum Gasteiger partial charge on any atom is 0.346 e. The van der Waals surface area contributed by atoms with E-state index in [1.165, 1.54) is 13.2 Å². The Morgan fingerprint density at radius 3 is 2.81 bits per heavy atom. The fourth-order valence-corrected chi connectivity index (χ4v) is 1.60. The summed E-state index contributed by atoms with van der Waals surface area (Å²) in [6, 6.07) is 4.81. The Bertz CT molecular complexity index is 587. The second-order valence-corrected chi connectivity index (χ2v) is 3.40. The Morgan fingerprint density at radius 2 is 2.19 bits per heavy atom. The minimum absolute atomic E-state index is 0.0454. The second-order valence-electron chi connectivity index (χ2n) is 3.40. The molecule has 1 aromatic heterocycles. The molecule has 0 aliphatic carbocycles. The lowest BCUT2D eigenvalue weighted by molar-refractivity contribution is 0.387. The van der Waals surface area contributed by atoms with Gasteiger partial charge in [-0.05, 0) is 17.5 Å². The molecule has 1 aromatic carbocycles. The van der Waals surface area contributed by atoms with E-state index in [2.05, 4.69) is 0 Å². The molecule has 4 heteroatoms. The standard InChI is InChI=1S/C12H11FO3/c1-3-8-6-7-4-5-9(15-2)11(13)10(7)12(14)16-8/h4-6H,3H2,1-2H3. The van der Waals surface area contributed by atoms with Gasteiger partial charge in [-0.2, -0.15) is 0 Å². The van der Waals surface area contributed by atoms with Crippen LogP contribution in [0.3, 0.4) is 0 Å². The summed E-state index contributed by atoms with van der Waals surface area (Å²) in [6.45, 7) is 1.87. The van der Waals surface area contributed by atoms with E-state index in [1.807, 2.05) is 6.92 Å². The molecule has 0 unspecified atom stereocenters. The molecule has 0 aliphatic rings. The highest BCUT2D eigenvalue weighted by atomic mass is 19.1. The molecule has 0 fully saturated rings. The number of rotatable bonds is 2. The highest BCUT2D eigenvalue weighted by Gasteiger charge is 2.13. The zero-order chi connectivity index (χ0) is 11.7. The summed E-state index contributed by atoms with van der Waals surface area (Å²) in [5.74, 6) is -0.0810. The Morgan fingerprint density at radius 1 is 1.44 bits per heavy atom. The fraction of sp³-hybridized carbons (Fsp3) is 0.250. The molecule has 0 saturated carbocycles. The number of aryl methyl sites for hydroxylation is 1. The van der Waals surface area contributed by atoms with E-state index in [4.69, 9.17) is 9.15 Å². The Labute approximate surface area is 91.5 Å². The zero-order valence-electron chi connectivity index (χ0n) is 9.04. The minimum atomic E-state index is -0.670. The van der Waals surface area contributed by atoms with Gasteiger partial charge in [0, 0.05) is 6.42 Å². The smallest absolute Gasteiger partial charge is 0.346 e. The van der Waals surface area contributed by atoms with Gasteiger partial charge in [0.15, 0.2) is 11.6 Å². The molecule has 0 aliphatic heterocycles. The van der Waals surface area contributed by atoms with Crippen LogP contribution in [0.1, 0.15) is 12.7 Å². The number of fused-ring (bicyclic) bond motifs is 1. The summed E-state index contributed by atoms with van der Waals surface area (Å²) in [7, 11) is 1.35. The van der Waals surface area contributed by atoms with E-state index in [0.717, 1.165) is 0 Å². The number of halogens is 1. The first-order valence-electron chi connectivity index (χ1n) is 4.96. The highest BCUT2D eigenvalue weighted by Crippen LogP contribution is 2.24. The van der Waals surface area contributed by atoms with Crippen molar-refractivity contribution in [3.05, 3.63) is 40.2 Å². The first-order chi connectivity index (χ1) is 7.67. The molecule has 0 amide bonds. The molecule has 0 radical (unpaired) electrons. The maximum atomic E-state index is 13.8. The molecule has 1 heterocycles. The van der Waals surface area contributed by atoms with E-state index in [-0.39, 0.29) is 11.1 Å². The molecule has 0 atom stereocenters. The van der Waals surface area contributed by atoms with Crippen molar-refractivity contribution in [3.63, 3.8) is 0 Å². The molecule has 0 bridgehead atoms. The summed E-state index contributed by atoms with van der Waals surface area (Å²) in [5, 5.41) is 0.475. The second kappa shape index (κ2) is 3.96. The average molecular weight is 222 g/mol. The van der Waals surface area contributed by atoms with Crippen molar-refractivity contribution in [1.82, 2.24) is 0 Å². The lowest BCUT2D eigenvalue weighted by Gasteiger charge is -2.05. The van der Waals surface area contributed by atoms with Crippen molar-refractivity contribution in [2.45, 2.75) is 13.3 Å². The van der Waals surface area contributed by atoms with Gasteiger partial charge in [0.2, 0.25) is 0 Å². The van der Waals surface area contributed by atoms with Crippen molar-refractivity contribution < 1.29 is 13.5 Å². The summed E-state index contributed by atoms with van der Waals surface area (Å²) in [5.41, 5.74) is -0.661. The van der Waals surface area contributed by atoms with E-state index in [0.29, 0.717) is 17.6 Å². The summed E-state index contributed by atoms with van der Waals surface area (Å²) in [6.07, 6.45) is 0.596. The van der Waals surface area contributed by atoms with Crippen LogP contribution in [0.4, 0.5) is 4.39 Å². The van der Waals surface area contributed by atoms with Crippen LogP contribution in [0, 0.1) is 5.82 Å². The first kappa shape index (κ1) is 10.7. The van der Waals surface area contributed by atoms with Gasteiger partial charge in [0.05, 0.1) is 7.11 Å². The van der Waals surface area contributed by atoms with Crippen LogP contribution >= 0.6 is 0 Å². The highest BCUT2D eigenvalue weighted by molar-refractivity contribution is 5.83. The van der Waals surface area contributed by atoms with E-state index in [9.17, 15) is 9.18 Å². The van der Waals surface area contributed by atoms with Crippen LogP contribution < -0.4 is 10.4 Å². The van der Waals surface area contributed by atoms with Crippen LogP contribution in [0.15, 0.2) is 27.4 Å². The number of methoxy groups -OCH3 is 1. The summed E-state index contributed by atoms with van der Waals surface area (Å²) >= 11 is 0. The number of hydrogen-bond acceptors (Lipinski definition) is 3. The van der Waals surface area contributed by atoms with Crippen LogP contribution in [0.25, 0.3) is 10.8 Å². The van der Waals surface area contributed by atoms with E-state index in [1.54, 1.807) is 12.1 Å². The van der Waals surface area contributed by atoms with Gasteiger partial charge in [-0.1, -0.05) is 13.0 Å². The Kier molecular flexibility index (Phi) is 2.64. The topological polar surface area (TPSA) is 39.4 Å². The normalized spacial score (nSPS) is 10.7. The maximum absolute atomic E-state index is 13.8. The largest absolute Gasteiger partial charge is 0.494 e. The van der Waals surface area contributed by atoms with Crippen LogP contribution in [0.2, 0.25) is 0 Å². The van der Waals surface area contributed by atoms with Crippen molar-refractivity contribution in [3.8, 4) is 5.75 Å². The lowest BCUT2D eigenvalue weighted by atomic mass is 10.1. The third-order valence-corrected chi connectivity index (χ3v) is 2.45. The van der Waals surface area contributed by atoms with Crippen molar-refractivity contribution in [2.24, 2.45) is 0 Å². The number of ether oxygens (including phenoxy) is 1. The van der Waals surface area contributed by atoms with Gasteiger partial charge in [0.25, 0.3) is 0 Å². The van der Waals surface area contributed by atoms with Crippen molar-refractivity contribution >= 4 is 10.8 Å². The van der Waals surface area contributed by atoms with E-state index < -0.39 is 11.4 Å². The van der Waals surface area contributed by atoms with Crippen LogP contribution in [-0.2, 0) is 6.42 Å². The van der Waals surface area contributed by atoms with Gasteiger partial charge in [-0.25, -0.2) is 9.18 Å². The molecular weight excluding hydrogens is 211 g/mol. The zero-order valence-corrected chi connectivity index (χ0v) is 9.04. The van der Waals surface area contributed by atoms with Crippen molar-refractivity contribution in [2.75, 3.05) is 7.11 Å². The molecule has 0 spiro atoms. The average Bonchev–Trinajstić information content (AvgIpc) is 2.28. The Balaban J connectivity index is 2.85. The minimum Gasteiger partial charge on any atom is -0.494 e. The molecule has 2 aromatic rings. The van der Waals surface area contributed by atoms with Gasteiger partial charge < -0.3 is 9.15 Å². The quantitative estimate of drug-likeness (QED) is 0.783. The monoisotopic (exact) mass is 222 g/mol. The number of benzene rings is 1. The Hall–Kier alpha value is -1.84. The predicted octanol–water partition coefficient (Wildman–Crippen LogP) is 2.50. The van der Waals surface area contributed by atoms with Crippen LogP contribution in [-0.4, -0.2) is 7.11 Å². The van der Waals surface area contributed by atoms with Gasteiger partial charge in [0.1, 0.15) is 11.1 Å². The predicted molar refractivity (Wildman–Crippen MR) is 58.4 cm³/mol. The van der Waals surface area contributed by atoms with Gasteiger partial charge in [-0.3, -0.25) is 0 Å². The summed E-state index contributed by atoms with van der Waals surface area (Å²) in [4.78, 5) is 11.6. The van der Waals surface area contributed by atoms with Crippen LogP contribution in [0.5, 0.6) is 5.75 Å². The molecule has 3 nitrogen and oxygen atoms in total. The number of hydrogen-bond donors (Lipinski definition) is 0. The molecule has 16 heavy (non-hydrogen) atoms. The van der Waals surface area contributed by atoms with Gasteiger partial charge >= 0.3 is 5.63 Å². The third kappa shape index (κ3) is 1.56. The van der Waals surface area contributed by atoms with E-state index >= 15 is 0 Å². The lowest BCUT2D eigenvalue weighted by Crippen LogP contribution is -2.05. The third-order valence-electron chi connectivity index (χ3n) is 2.45. The fourth-order valence-electron chi connectivity index (χ4n) is 1.60. The molecular formula is C12H11FO3.